The molecule has 1 aromatic heterocycles. The third-order valence-corrected chi connectivity index (χ3v) is 3.20. The molecule has 1 heterocycles. The van der Waals surface area contributed by atoms with Gasteiger partial charge in [0.25, 0.3) is 0 Å². The fourth-order valence-corrected chi connectivity index (χ4v) is 2.04. The molecule has 15 heavy (non-hydrogen) atoms. The van der Waals surface area contributed by atoms with Gasteiger partial charge in [-0.2, -0.15) is 4.37 Å². The Kier molecular flexibility index (Phi) is 3.33. The molecule has 3 nitrogen and oxygen atoms in total. The maximum atomic E-state index is 4.09. The van der Waals surface area contributed by atoms with Crippen molar-refractivity contribution in [2.24, 2.45) is 0 Å². The molecule has 5 heteroatoms. The maximum absolute atomic E-state index is 4.09. The summed E-state index contributed by atoms with van der Waals surface area (Å²) < 4.78 is 5.04. The van der Waals surface area contributed by atoms with E-state index in [0.717, 1.165) is 9.60 Å². The van der Waals surface area contributed by atoms with Crippen molar-refractivity contribution in [3.05, 3.63) is 40.6 Å². The van der Waals surface area contributed by atoms with Gasteiger partial charge in [0.2, 0.25) is 5.13 Å². The molecule has 78 valence electrons. The molecule has 1 unspecified atom stereocenters. The predicted octanol–water partition coefficient (Wildman–Crippen LogP) is 3.47. The molecule has 0 aliphatic rings. The summed E-state index contributed by atoms with van der Waals surface area (Å²) >= 11 is 4.78. The van der Waals surface area contributed by atoms with E-state index in [4.69, 9.17) is 0 Å². The first-order valence-corrected chi connectivity index (χ1v) is 6.11. The number of benzene rings is 1. The Morgan fingerprint density at radius 1 is 1.33 bits per heavy atom. The van der Waals surface area contributed by atoms with Gasteiger partial charge in [0.1, 0.15) is 6.33 Å². The van der Waals surface area contributed by atoms with Gasteiger partial charge >= 0.3 is 0 Å². The number of rotatable bonds is 3. The van der Waals surface area contributed by atoms with Crippen LogP contribution in [0.25, 0.3) is 0 Å². The van der Waals surface area contributed by atoms with Crippen molar-refractivity contribution in [1.82, 2.24) is 9.36 Å². The van der Waals surface area contributed by atoms with E-state index in [-0.39, 0.29) is 6.04 Å². The van der Waals surface area contributed by atoms with E-state index in [1.165, 1.54) is 17.1 Å². The lowest BCUT2D eigenvalue weighted by Crippen LogP contribution is -2.05. The van der Waals surface area contributed by atoms with Gasteiger partial charge < -0.3 is 5.32 Å². The maximum Gasteiger partial charge on any atom is 0.202 e. The van der Waals surface area contributed by atoms with Crippen molar-refractivity contribution in [1.29, 1.82) is 0 Å². The highest BCUT2D eigenvalue weighted by Gasteiger charge is 2.06. The van der Waals surface area contributed by atoms with Crippen molar-refractivity contribution in [2.75, 3.05) is 5.32 Å². The molecule has 0 radical (unpaired) electrons. The van der Waals surface area contributed by atoms with Crippen molar-refractivity contribution in [3.63, 3.8) is 0 Å². The van der Waals surface area contributed by atoms with Gasteiger partial charge in [-0.1, -0.05) is 28.1 Å². The van der Waals surface area contributed by atoms with Crippen LogP contribution < -0.4 is 5.32 Å². The fourth-order valence-electron chi connectivity index (χ4n) is 1.26. The average molecular weight is 284 g/mol. The molecule has 0 saturated carbocycles. The van der Waals surface area contributed by atoms with Crippen LogP contribution in [0.2, 0.25) is 0 Å². The zero-order valence-electron chi connectivity index (χ0n) is 8.14. The normalized spacial score (nSPS) is 12.4. The van der Waals surface area contributed by atoms with Crippen LogP contribution in [0.3, 0.4) is 0 Å². The van der Waals surface area contributed by atoms with Crippen LogP contribution in [-0.4, -0.2) is 9.36 Å². The van der Waals surface area contributed by atoms with Crippen LogP contribution in [0, 0.1) is 0 Å². The molecule has 0 aliphatic carbocycles. The molecular formula is C10H10BrN3S. The third kappa shape index (κ3) is 2.76. The van der Waals surface area contributed by atoms with Crippen molar-refractivity contribution in [3.8, 4) is 0 Å². The van der Waals surface area contributed by atoms with E-state index in [9.17, 15) is 0 Å². The Hall–Kier alpha value is -0.940. The first-order valence-electron chi connectivity index (χ1n) is 4.54. The Morgan fingerprint density at radius 3 is 2.67 bits per heavy atom. The smallest absolute Gasteiger partial charge is 0.202 e. The highest BCUT2D eigenvalue weighted by atomic mass is 79.9. The predicted molar refractivity (Wildman–Crippen MR) is 66.1 cm³/mol. The molecule has 0 spiro atoms. The lowest BCUT2D eigenvalue weighted by molar-refractivity contribution is 0.881. The van der Waals surface area contributed by atoms with Gasteiger partial charge in [-0.3, -0.25) is 0 Å². The van der Waals surface area contributed by atoms with Gasteiger partial charge in [0.15, 0.2) is 0 Å². The largest absolute Gasteiger partial charge is 0.354 e. The number of hydrogen-bond acceptors (Lipinski definition) is 4. The van der Waals surface area contributed by atoms with E-state index >= 15 is 0 Å². The summed E-state index contributed by atoms with van der Waals surface area (Å²) in [5, 5.41) is 4.14. The average Bonchev–Trinajstić information content (AvgIpc) is 2.71. The number of aromatic nitrogens is 2. The highest BCUT2D eigenvalue weighted by Crippen LogP contribution is 2.21. The summed E-state index contributed by atoms with van der Waals surface area (Å²) in [5.74, 6) is 0. The minimum Gasteiger partial charge on any atom is -0.354 e. The quantitative estimate of drug-likeness (QED) is 0.937. The molecule has 1 atom stereocenters. The van der Waals surface area contributed by atoms with Crippen molar-refractivity contribution >= 4 is 32.6 Å². The lowest BCUT2D eigenvalue weighted by atomic mass is 10.1. The standard InChI is InChI=1S/C10H10BrN3S/c1-7(14-10-12-6-13-15-10)8-2-4-9(11)5-3-8/h2-7H,1H3,(H,12,13,14). The molecule has 0 fully saturated rings. The summed E-state index contributed by atoms with van der Waals surface area (Å²) in [5.41, 5.74) is 1.23. The van der Waals surface area contributed by atoms with Crippen molar-refractivity contribution < 1.29 is 0 Å². The molecule has 0 saturated heterocycles. The third-order valence-electron chi connectivity index (χ3n) is 2.07. The van der Waals surface area contributed by atoms with Crippen LogP contribution in [0.1, 0.15) is 18.5 Å². The van der Waals surface area contributed by atoms with E-state index < -0.39 is 0 Å². The number of halogens is 1. The number of nitrogens with one attached hydrogen (secondary N) is 1. The molecule has 2 rings (SSSR count). The second-order valence-electron chi connectivity index (χ2n) is 3.16. The summed E-state index contributed by atoms with van der Waals surface area (Å²) in [4.78, 5) is 4.09. The molecule has 1 N–H and O–H groups in total. The second kappa shape index (κ2) is 4.72. The van der Waals surface area contributed by atoms with Crippen LogP contribution in [0.4, 0.5) is 5.13 Å². The van der Waals surface area contributed by atoms with Crippen molar-refractivity contribution in [2.45, 2.75) is 13.0 Å². The van der Waals surface area contributed by atoms with E-state index in [2.05, 4.69) is 49.7 Å². The monoisotopic (exact) mass is 283 g/mol. The summed E-state index contributed by atoms with van der Waals surface area (Å²) in [6.45, 7) is 2.10. The zero-order valence-corrected chi connectivity index (χ0v) is 10.5. The van der Waals surface area contributed by atoms with Crippen LogP contribution in [-0.2, 0) is 0 Å². The first-order chi connectivity index (χ1) is 7.25. The summed E-state index contributed by atoms with van der Waals surface area (Å²) in [6.07, 6.45) is 1.56. The van der Waals surface area contributed by atoms with Crippen LogP contribution >= 0.6 is 27.5 Å². The highest BCUT2D eigenvalue weighted by molar-refractivity contribution is 9.10. The van der Waals surface area contributed by atoms with E-state index in [1.54, 1.807) is 6.33 Å². The first kappa shape index (κ1) is 10.6. The minimum absolute atomic E-state index is 0.242. The van der Waals surface area contributed by atoms with Gasteiger partial charge in [-0.15, -0.1) is 0 Å². The molecule has 0 bridgehead atoms. The van der Waals surface area contributed by atoms with Crippen LogP contribution in [0.5, 0.6) is 0 Å². The van der Waals surface area contributed by atoms with E-state index in [0.29, 0.717) is 0 Å². The summed E-state index contributed by atoms with van der Waals surface area (Å²) in [6, 6.07) is 8.48. The zero-order chi connectivity index (χ0) is 10.7. The summed E-state index contributed by atoms with van der Waals surface area (Å²) in [7, 11) is 0. The molecule has 0 aliphatic heterocycles. The number of nitrogens with zero attached hydrogens (tertiary/aromatic N) is 2. The van der Waals surface area contributed by atoms with Crippen LogP contribution in [0.15, 0.2) is 35.1 Å². The second-order valence-corrected chi connectivity index (χ2v) is 4.86. The molecular weight excluding hydrogens is 274 g/mol. The Balaban J connectivity index is 2.08. The number of anilines is 1. The van der Waals surface area contributed by atoms with Gasteiger partial charge in [-0.05, 0) is 24.6 Å². The molecule has 0 amide bonds. The van der Waals surface area contributed by atoms with Gasteiger partial charge in [-0.25, -0.2) is 4.98 Å². The topological polar surface area (TPSA) is 37.8 Å². The van der Waals surface area contributed by atoms with E-state index in [1.807, 2.05) is 12.1 Å². The lowest BCUT2D eigenvalue weighted by Gasteiger charge is -2.12. The van der Waals surface area contributed by atoms with Gasteiger partial charge in [0, 0.05) is 16.0 Å². The SMILES string of the molecule is CC(Nc1ncns1)c1ccc(Br)cc1. The Morgan fingerprint density at radius 2 is 2.07 bits per heavy atom. The minimum atomic E-state index is 0.242. The molecule has 1 aromatic carbocycles. The molecule has 2 aromatic rings. The van der Waals surface area contributed by atoms with Gasteiger partial charge in [0.05, 0.1) is 6.04 Å². The Bertz CT molecular complexity index is 413. The number of hydrogen-bond donors (Lipinski definition) is 1. The fraction of sp³-hybridized carbons (Fsp3) is 0.200. The Labute approximate surface area is 101 Å².